The average molecular weight is 307 g/mol. The first-order valence-electron chi connectivity index (χ1n) is 7.42. The highest BCUT2D eigenvalue weighted by molar-refractivity contribution is 6.58. The van der Waals surface area contributed by atoms with E-state index in [2.05, 4.69) is 9.97 Å². The molecule has 7 nitrogen and oxygen atoms in total. The molecule has 2 heterocycles. The van der Waals surface area contributed by atoms with E-state index >= 15 is 0 Å². The molecule has 120 valence electrons. The lowest BCUT2D eigenvalue weighted by Gasteiger charge is -2.32. The van der Waals surface area contributed by atoms with Gasteiger partial charge in [-0.15, -0.1) is 0 Å². The molecule has 8 heteroatoms. The van der Waals surface area contributed by atoms with Crippen molar-refractivity contribution in [3.63, 3.8) is 0 Å². The number of hydrogen-bond acceptors (Lipinski definition) is 7. The van der Waals surface area contributed by atoms with Crippen molar-refractivity contribution in [1.29, 1.82) is 0 Å². The van der Waals surface area contributed by atoms with Gasteiger partial charge in [-0.3, -0.25) is 4.79 Å². The van der Waals surface area contributed by atoms with Gasteiger partial charge in [0, 0.05) is 30.9 Å². The Morgan fingerprint density at radius 2 is 1.82 bits per heavy atom. The van der Waals surface area contributed by atoms with Gasteiger partial charge in [-0.1, -0.05) is 0 Å². The third-order valence-corrected chi connectivity index (χ3v) is 3.47. The maximum Gasteiger partial charge on any atom is 0.491 e. The molecule has 0 atom stereocenters. The summed E-state index contributed by atoms with van der Waals surface area (Å²) < 4.78 is 5.42. The number of nitrogens with zero attached hydrogens (tertiary/aromatic N) is 3. The fraction of sp³-hybridized carbons (Fsp3) is 0.643. The molecule has 1 aromatic heterocycles. The first-order valence-corrected chi connectivity index (χ1v) is 7.42. The maximum absolute atomic E-state index is 12.0. The van der Waals surface area contributed by atoms with Crippen LogP contribution in [0.3, 0.4) is 0 Å². The van der Waals surface area contributed by atoms with Gasteiger partial charge in [0.2, 0.25) is 5.95 Å². The van der Waals surface area contributed by atoms with Crippen molar-refractivity contribution in [1.82, 2.24) is 9.97 Å². The zero-order chi connectivity index (χ0) is 16.3. The van der Waals surface area contributed by atoms with E-state index in [1.54, 1.807) is 0 Å². The summed E-state index contributed by atoms with van der Waals surface area (Å²) in [4.78, 5) is 22.3. The van der Waals surface area contributed by atoms with E-state index < -0.39 is 12.7 Å². The molecule has 1 aliphatic heterocycles. The van der Waals surface area contributed by atoms with Crippen LogP contribution >= 0.6 is 0 Å². The van der Waals surface area contributed by atoms with Crippen molar-refractivity contribution in [3.8, 4) is 0 Å². The number of piperidine rings is 1. The van der Waals surface area contributed by atoms with E-state index in [0.717, 1.165) is 0 Å². The maximum atomic E-state index is 12.0. The van der Waals surface area contributed by atoms with Crippen LogP contribution in [0, 0.1) is 5.92 Å². The first kappa shape index (κ1) is 16.7. The van der Waals surface area contributed by atoms with Crippen molar-refractivity contribution in [2.45, 2.75) is 39.2 Å². The zero-order valence-corrected chi connectivity index (χ0v) is 13.2. The van der Waals surface area contributed by atoms with E-state index in [1.165, 1.54) is 12.4 Å². The largest absolute Gasteiger partial charge is 0.491 e. The third kappa shape index (κ3) is 4.41. The van der Waals surface area contributed by atoms with Gasteiger partial charge in [-0.05, 0) is 33.6 Å². The summed E-state index contributed by atoms with van der Waals surface area (Å²) in [5, 5.41) is 18.0. The van der Waals surface area contributed by atoms with Crippen LogP contribution in [0.4, 0.5) is 5.95 Å². The van der Waals surface area contributed by atoms with Crippen LogP contribution in [0.15, 0.2) is 12.4 Å². The molecule has 0 unspecified atom stereocenters. The molecule has 1 saturated heterocycles. The van der Waals surface area contributed by atoms with Crippen LogP contribution in [0.2, 0.25) is 0 Å². The minimum absolute atomic E-state index is 0.0889. The van der Waals surface area contributed by atoms with E-state index in [9.17, 15) is 4.79 Å². The second-order valence-corrected chi connectivity index (χ2v) is 6.48. The van der Waals surface area contributed by atoms with Crippen LogP contribution in [-0.2, 0) is 9.53 Å². The van der Waals surface area contributed by atoms with Crippen molar-refractivity contribution in [2.75, 3.05) is 18.0 Å². The Kier molecular flexibility index (Phi) is 5.03. The smallest absolute Gasteiger partial charge is 0.460 e. The summed E-state index contributed by atoms with van der Waals surface area (Å²) in [5.74, 6) is 0.299. The predicted molar refractivity (Wildman–Crippen MR) is 82.6 cm³/mol. The minimum atomic E-state index is -1.56. The van der Waals surface area contributed by atoms with Crippen LogP contribution in [0.25, 0.3) is 0 Å². The number of rotatable bonds is 3. The number of carbonyl (C=O) groups excluding carboxylic acids is 1. The monoisotopic (exact) mass is 307 g/mol. The lowest BCUT2D eigenvalue weighted by Crippen LogP contribution is -2.40. The Morgan fingerprint density at radius 1 is 1.27 bits per heavy atom. The lowest BCUT2D eigenvalue weighted by atomic mass is 9.83. The molecule has 1 fully saturated rings. The van der Waals surface area contributed by atoms with Crippen molar-refractivity contribution in [3.05, 3.63) is 12.4 Å². The summed E-state index contributed by atoms with van der Waals surface area (Å²) in [6.45, 7) is 6.94. The van der Waals surface area contributed by atoms with Gasteiger partial charge in [0.05, 0.1) is 5.92 Å². The van der Waals surface area contributed by atoms with Gasteiger partial charge in [0.15, 0.2) is 0 Å². The van der Waals surface area contributed by atoms with Crippen LogP contribution in [0.1, 0.15) is 33.6 Å². The third-order valence-electron chi connectivity index (χ3n) is 3.47. The number of ether oxygens (including phenoxy) is 1. The Labute approximate surface area is 130 Å². The minimum Gasteiger partial charge on any atom is -0.460 e. The molecule has 1 aromatic rings. The van der Waals surface area contributed by atoms with Gasteiger partial charge >= 0.3 is 13.1 Å². The topological polar surface area (TPSA) is 95.8 Å². The number of hydrogen-bond donors (Lipinski definition) is 2. The molecule has 0 bridgehead atoms. The van der Waals surface area contributed by atoms with Crippen LogP contribution in [-0.4, -0.2) is 51.8 Å². The molecule has 0 aliphatic carbocycles. The van der Waals surface area contributed by atoms with Gasteiger partial charge < -0.3 is 19.7 Å². The summed E-state index contributed by atoms with van der Waals surface area (Å²) in [6.07, 6.45) is 4.19. The molecule has 0 saturated carbocycles. The molecule has 2 rings (SSSR count). The van der Waals surface area contributed by atoms with E-state index in [-0.39, 0.29) is 17.4 Å². The molecule has 22 heavy (non-hydrogen) atoms. The molecule has 1 aliphatic rings. The number of anilines is 1. The summed E-state index contributed by atoms with van der Waals surface area (Å²) in [7, 11) is -1.56. The van der Waals surface area contributed by atoms with E-state index in [1.807, 2.05) is 25.7 Å². The Bertz CT molecular complexity index is 508. The number of esters is 1. The van der Waals surface area contributed by atoms with Crippen LogP contribution < -0.4 is 10.4 Å². The average Bonchev–Trinajstić information content (AvgIpc) is 2.46. The quantitative estimate of drug-likeness (QED) is 0.585. The highest BCUT2D eigenvalue weighted by Gasteiger charge is 2.29. The van der Waals surface area contributed by atoms with E-state index in [4.69, 9.17) is 14.8 Å². The Hall–Kier alpha value is -1.67. The first-order chi connectivity index (χ1) is 10.3. The fourth-order valence-electron chi connectivity index (χ4n) is 2.33. The van der Waals surface area contributed by atoms with Crippen molar-refractivity contribution >= 4 is 24.5 Å². The Balaban J connectivity index is 1.90. The number of carbonyl (C=O) groups is 1. The molecular formula is C14H22BN3O4. The highest BCUT2D eigenvalue weighted by atomic mass is 16.6. The summed E-state index contributed by atoms with van der Waals surface area (Å²) in [6, 6.07) is 0. The molecule has 0 spiro atoms. The van der Waals surface area contributed by atoms with Crippen LogP contribution in [0.5, 0.6) is 0 Å². The summed E-state index contributed by atoms with van der Waals surface area (Å²) in [5.41, 5.74) is -0.203. The SMILES string of the molecule is CC(C)(C)OC(=O)C1CCN(c2ncc(B(O)O)cn2)CC1. The Morgan fingerprint density at radius 3 is 2.27 bits per heavy atom. The number of aromatic nitrogens is 2. The van der Waals surface area contributed by atoms with Gasteiger partial charge in [0.25, 0.3) is 0 Å². The molecule has 0 amide bonds. The highest BCUT2D eigenvalue weighted by Crippen LogP contribution is 2.23. The van der Waals surface area contributed by atoms with E-state index in [0.29, 0.717) is 31.9 Å². The predicted octanol–water partition coefficient (Wildman–Crippen LogP) is -0.286. The van der Waals surface area contributed by atoms with Crippen molar-refractivity contribution in [2.24, 2.45) is 5.92 Å². The zero-order valence-electron chi connectivity index (χ0n) is 13.2. The molecule has 0 radical (unpaired) electrons. The van der Waals surface area contributed by atoms with Gasteiger partial charge in [-0.25, -0.2) is 9.97 Å². The summed E-state index contributed by atoms with van der Waals surface area (Å²) >= 11 is 0. The van der Waals surface area contributed by atoms with Crippen molar-refractivity contribution < 1.29 is 19.6 Å². The lowest BCUT2D eigenvalue weighted by molar-refractivity contribution is -0.160. The van der Waals surface area contributed by atoms with Gasteiger partial charge in [0.1, 0.15) is 5.60 Å². The fourth-order valence-corrected chi connectivity index (χ4v) is 2.33. The van der Waals surface area contributed by atoms with Gasteiger partial charge in [-0.2, -0.15) is 0 Å². The normalized spacial score (nSPS) is 16.5. The standard InChI is InChI=1S/C14H22BN3O4/c1-14(2,3)22-12(19)10-4-6-18(7-5-10)13-16-8-11(9-17-13)15(20)21/h8-10,20-21H,4-7H2,1-3H3. The second-order valence-electron chi connectivity index (χ2n) is 6.48. The second kappa shape index (κ2) is 6.62. The molecule has 2 N–H and O–H groups in total. The molecular weight excluding hydrogens is 285 g/mol. The molecule has 0 aromatic carbocycles.